The summed E-state index contributed by atoms with van der Waals surface area (Å²) in [4.78, 5) is 28.8. The molecule has 0 unspecified atom stereocenters. The van der Waals surface area contributed by atoms with E-state index < -0.39 is 0 Å². The van der Waals surface area contributed by atoms with Gasteiger partial charge < -0.3 is 10.3 Å². The van der Waals surface area contributed by atoms with E-state index in [4.69, 9.17) is 0 Å². The third-order valence-corrected chi connectivity index (χ3v) is 6.61. The summed E-state index contributed by atoms with van der Waals surface area (Å²) < 4.78 is 0. The molecule has 36 heavy (non-hydrogen) atoms. The molecular formula is C28H21N7O. The summed E-state index contributed by atoms with van der Waals surface area (Å²) in [6.07, 6.45) is 10.8. The Hall–Kier alpha value is -4.85. The average molecular weight is 472 g/mol. The van der Waals surface area contributed by atoms with Gasteiger partial charge >= 0.3 is 0 Å². The Morgan fingerprint density at radius 1 is 0.806 bits per heavy atom. The fraction of sp³-hybridized carbons (Fsp3) is 0.107. The molecule has 0 spiro atoms. The molecule has 5 aromatic heterocycles. The number of anilines is 1. The van der Waals surface area contributed by atoms with Gasteiger partial charge in [0.1, 0.15) is 5.69 Å². The van der Waals surface area contributed by atoms with Crippen LogP contribution in [0.3, 0.4) is 0 Å². The highest BCUT2D eigenvalue weighted by Gasteiger charge is 2.29. The molecule has 7 rings (SSSR count). The van der Waals surface area contributed by atoms with Crippen LogP contribution in [0.5, 0.6) is 0 Å². The van der Waals surface area contributed by atoms with E-state index >= 15 is 0 Å². The number of hydrogen-bond donors (Lipinski definition) is 3. The van der Waals surface area contributed by atoms with Crippen molar-refractivity contribution in [2.45, 2.75) is 12.8 Å². The molecule has 1 fully saturated rings. The number of fused-ring (bicyclic) bond motifs is 2. The predicted octanol–water partition coefficient (Wildman–Crippen LogP) is 5.58. The zero-order chi connectivity index (χ0) is 24.1. The van der Waals surface area contributed by atoms with Crippen LogP contribution >= 0.6 is 0 Å². The minimum atomic E-state index is 0.0703. The first-order chi connectivity index (χ1) is 17.7. The number of carbonyl (C=O) groups is 1. The SMILES string of the molecule is O=C(Nc1cncc(-c2ccc3[nH]nc(-c4cc5c(-c6ccncc6)nccc5[nH]4)c3c2)c1)C1CC1. The van der Waals surface area contributed by atoms with E-state index in [1.165, 1.54) is 0 Å². The number of benzene rings is 1. The lowest BCUT2D eigenvalue weighted by atomic mass is 10.0. The molecule has 0 aliphatic heterocycles. The lowest BCUT2D eigenvalue weighted by Gasteiger charge is -2.07. The van der Waals surface area contributed by atoms with E-state index in [0.29, 0.717) is 5.69 Å². The third kappa shape index (κ3) is 3.60. The van der Waals surface area contributed by atoms with Gasteiger partial charge in [0.2, 0.25) is 5.91 Å². The van der Waals surface area contributed by atoms with Crippen LogP contribution in [0.25, 0.3) is 55.6 Å². The summed E-state index contributed by atoms with van der Waals surface area (Å²) in [5.74, 6) is 0.213. The number of nitrogens with one attached hydrogen (secondary N) is 3. The maximum Gasteiger partial charge on any atom is 0.227 e. The molecule has 8 nitrogen and oxygen atoms in total. The van der Waals surface area contributed by atoms with Crippen LogP contribution in [-0.2, 0) is 4.79 Å². The molecule has 0 bridgehead atoms. The van der Waals surface area contributed by atoms with Crippen molar-refractivity contribution in [1.82, 2.24) is 30.1 Å². The van der Waals surface area contributed by atoms with E-state index in [0.717, 1.165) is 68.4 Å². The topological polar surface area (TPSA) is 112 Å². The summed E-state index contributed by atoms with van der Waals surface area (Å²) in [6, 6.07) is 16.1. The second-order valence-corrected chi connectivity index (χ2v) is 9.10. The van der Waals surface area contributed by atoms with Crippen molar-refractivity contribution in [2.24, 2.45) is 5.92 Å². The first kappa shape index (κ1) is 20.5. The van der Waals surface area contributed by atoms with Crippen molar-refractivity contribution in [3.8, 4) is 33.8 Å². The van der Waals surface area contributed by atoms with Crippen molar-refractivity contribution >= 4 is 33.4 Å². The third-order valence-electron chi connectivity index (χ3n) is 6.61. The summed E-state index contributed by atoms with van der Waals surface area (Å²) in [5.41, 5.74) is 8.20. The van der Waals surface area contributed by atoms with Gasteiger partial charge in [0.25, 0.3) is 0 Å². The highest BCUT2D eigenvalue weighted by atomic mass is 16.2. The van der Waals surface area contributed by atoms with Gasteiger partial charge in [-0.2, -0.15) is 5.10 Å². The van der Waals surface area contributed by atoms with Crippen LogP contribution in [0.2, 0.25) is 0 Å². The molecule has 174 valence electrons. The van der Waals surface area contributed by atoms with Gasteiger partial charge in [-0.25, -0.2) is 0 Å². The second-order valence-electron chi connectivity index (χ2n) is 9.10. The van der Waals surface area contributed by atoms with Gasteiger partial charge in [0, 0.05) is 58.1 Å². The van der Waals surface area contributed by atoms with Crippen LogP contribution in [-0.4, -0.2) is 36.0 Å². The maximum absolute atomic E-state index is 12.2. The number of rotatable bonds is 5. The van der Waals surface area contributed by atoms with Crippen molar-refractivity contribution in [2.75, 3.05) is 5.32 Å². The molecule has 5 heterocycles. The number of hydrogen-bond acceptors (Lipinski definition) is 5. The number of nitrogens with zero attached hydrogens (tertiary/aromatic N) is 4. The van der Waals surface area contributed by atoms with Crippen LogP contribution in [0, 0.1) is 5.92 Å². The van der Waals surface area contributed by atoms with E-state index in [2.05, 4.69) is 47.6 Å². The van der Waals surface area contributed by atoms with Gasteiger partial charge in [-0.3, -0.25) is 24.8 Å². The Bertz CT molecular complexity index is 1750. The van der Waals surface area contributed by atoms with Gasteiger partial charge in [0.15, 0.2) is 0 Å². The molecule has 3 N–H and O–H groups in total. The maximum atomic E-state index is 12.2. The van der Waals surface area contributed by atoms with Crippen molar-refractivity contribution < 1.29 is 4.79 Å². The van der Waals surface area contributed by atoms with E-state index in [1.807, 2.05) is 42.6 Å². The predicted molar refractivity (Wildman–Crippen MR) is 139 cm³/mol. The minimum absolute atomic E-state index is 0.0703. The monoisotopic (exact) mass is 471 g/mol. The Morgan fingerprint density at radius 3 is 2.53 bits per heavy atom. The van der Waals surface area contributed by atoms with Crippen molar-refractivity contribution in [3.05, 3.63) is 79.5 Å². The molecular weight excluding hydrogens is 450 g/mol. The van der Waals surface area contributed by atoms with Crippen LogP contribution < -0.4 is 5.32 Å². The number of aromatic amines is 2. The Balaban J connectivity index is 1.28. The molecule has 0 radical (unpaired) electrons. The fourth-order valence-corrected chi connectivity index (χ4v) is 4.58. The van der Waals surface area contributed by atoms with Gasteiger partial charge in [-0.15, -0.1) is 0 Å². The number of carbonyl (C=O) groups excluding carboxylic acids is 1. The summed E-state index contributed by atoms with van der Waals surface area (Å²) >= 11 is 0. The lowest BCUT2D eigenvalue weighted by molar-refractivity contribution is -0.117. The smallest absolute Gasteiger partial charge is 0.227 e. The highest BCUT2D eigenvalue weighted by Crippen LogP contribution is 2.35. The number of aromatic nitrogens is 6. The molecule has 1 aliphatic rings. The fourth-order valence-electron chi connectivity index (χ4n) is 4.58. The average Bonchev–Trinajstić information content (AvgIpc) is 3.55. The Kier molecular flexibility index (Phi) is 4.63. The zero-order valence-corrected chi connectivity index (χ0v) is 19.2. The summed E-state index contributed by atoms with van der Waals surface area (Å²) in [6.45, 7) is 0. The van der Waals surface area contributed by atoms with Gasteiger partial charge in [-0.05, 0) is 60.9 Å². The quantitative estimate of drug-likeness (QED) is 0.304. The molecule has 1 aliphatic carbocycles. The molecule has 0 saturated heterocycles. The number of H-pyrrole nitrogens is 2. The molecule has 1 amide bonds. The highest BCUT2D eigenvalue weighted by molar-refractivity contribution is 6.01. The normalized spacial score (nSPS) is 13.3. The lowest BCUT2D eigenvalue weighted by Crippen LogP contribution is -2.13. The van der Waals surface area contributed by atoms with Crippen LogP contribution in [0.4, 0.5) is 5.69 Å². The van der Waals surface area contributed by atoms with E-state index in [1.54, 1.807) is 24.8 Å². The van der Waals surface area contributed by atoms with Crippen molar-refractivity contribution in [1.29, 1.82) is 0 Å². The first-order valence-electron chi connectivity index (χ1n) is 11.9. The molecule has 1 saturated carbocycles. The molecule has 6 aromatic rings. The van der Waals surface area contributed by atoms with Gasteiger partial charge in [-0.1, -0.05) is 6.07 Å². The van der Waals surface area contributed by atoms with E-state index in [-0.39, 0.29) is 11.8 Å². The first-order valence-corrected chi connectivity index (χ1v) is 11.9. The molecule has 0 atom stereocenters. The molecule has 8 heteroatoms. The van der Waals surface area contributed by atoms with Crippen molar-refractivity contribution in [3.63, 3.8) is 0 Å². The van der Waals surface area contributed by atoms with Gasteiger partial charge in [0.05, 0.1) is 28.8 Å². The number of pyridine rings is 3. The van der Waals surface area contributed by atoms with E-state index in [9.17, 15) is 4.79 Å². The van der Waals surface area contributed by atoms with Crippen LogP contribution in [0.15, 0.2) is 79.5 Å². The second kappa shape index (κ2) is 8.13. The summed E-state index contributed by atoms with van der Waals surface area (Å²) in [7, 11) is 0. The van der Waals surface area contributed by atoms with Crippen LogP contribution in [0.1, 0.15) is 12.8 Å². The number of amides is 1. The Labute approximate surface area is 205 Å². The largest absolute Gasteiger partial charge is 0.353 e. The standard InChI is InChI=1S/C28H21N7O/c36-28(17-1-2-17)32-20-11-19(14-30-15-20)18-3-4-24-21(12-18)27(35-34-24)25-13-22-23(33-25)7-10-31-26(22)16-5-8-29-9-6-16/h3-15,17,33H,1-2H2,(H,32,36)(H,34,35). The zero-order valence-electron chi connectivity index (χ0n) is 19.2. The summed E-state index contributed by atoms with van der Waals surface area (Å²) in [5, 5.41) is 12.8. The molecule has 1 aromatic carbocycles. The minimum Gasteiger partial charge on any atom is -0.353 e. The Morgan fingerprint density at radius 2 is 1.67 bits per heavy atom.